The summed E-state index contributed by atoms with van der Waals surface area (Å²) in [6.07, 6.45) is 0.904. The van der Waals surface area contributed by atoms with Gasteiger partial charge in [0.05, 0.1) is 11.8 Å². The number of aliphatic hydroxyl groups excluding tert-OH is 1. The van der Waals surface area contributed by atoms with E-state index in [1.807, 2.05) is 50.2 Å². The Balaban J connectivity index is 2.39. The number of halogens is 1. The Labute approximate surface area is 121 Å². The van der Waals surface area contributed by atoms with Crippen LogP contribution in [0.3, 0.4) is 0 Å². The fourth-order valence-electron chi connectivity index (χ4n) is 1.81. The zero-order chi connectivity index (χ0) is 13.8. The normalized spacial score (nSPS) is 12.5. The molecule has 0 bridgehead atoms. The predicted octanol–water partition coefficient (Wildman–Crippen LogP) is 3.71. The summed E-state index contributed by atoms with van der Waals surface area (Å²) in [4.78, 5) is 4.22. The van der Waals surface area contributed by atoms with E-state index in [9.17, 15) is 5.11 Å². The highest BCUT2D eigenvalue weighted by Crippen LogP contribution is 2.32. The zero-order valence-electron chi connectivity index (χ0n) is 10.9. The number of benzene rings is 1. The average molecular weight is 322 g/mol. The van der Waals surface area contributed by atoms with Gasteiger partial charge in [0.2, 0.25) is 0 Å². The fraction of sp³-hybridized carbons (Fsp3) is 0.267. The molecule has 0 amide bonds. The van der Waals surface area contributed by atoms with Crippen molar-refractivity contribution >= 4 is 15.9 Å². The van der Waals surface area contributed by atoms with Crippen LogP contribution in [0, 0.1) is 0 Å². The smallest absolute Gasteiger partial charge is 0.126 e. The van der Waals surface area contributed by atoms with Crippen molar-refractivity contribution in [3.05, 3.63) is 58.3 Å². The molecule has 0 fully saturated rings. The number of nitrogens with zero attached hydrogens (tertiary/aromatic N) is 1. The Morgan fingerprint density at radius 1 is 1.16 bits per heavy atom. The summed E-state index contributed by atoms with van der Waals surface area (Å²) in [5.74, 6) is 0.683. The van der Waals surface area contributed by atoms with Crippen LogP contribution in [0.2, 0.25) is 0 Å². The molecule has 1 unspecified atom stereocenters. The average Bonchev–Trinajstić information content (AvgIpc) is 2.38. The van der Waals surface area contributed by atoms with Crippen LogP contribution in [0.15, 0.2) is 47.1 Å². The molecule has 1 heterocycles. The third-order valence-electron chi connectivity index (χ3n) is 2.62. The second-order valence-corrected chi connectivity index (χ2v) is 5.33. The Morgan fingerprint density at radius 3 is 2.58 bits per heavy atom. The van der Waals surface area contributed by atoms with Crippen LogP contribution in [0.4, 0.5) is 0 Å². The monoisotopic (exact) mass is 321 g/mol. The second kappa shape index (κ2) is 6.17. The van der Waals surface area contributed by atoms with E-state index in [0.717, 1.165) is 10.0 Å². The molecule has 0 radical (unpaired) electrons. The molecule has 0 saturated heterocycles. The van der Waals surface area contributed by atoms with E-state index in [2.05, 4.69) is 20.9 Å². The molecule has 4 heteroatoms. The van der Waals surface area contributed by atoms with Crippen LogP contribution >= 0.6 is 15.9 Å². The van der Waals surface area contributed by atoms with Crippen LogP contribution in [-0.2, 0) is 0 Å². The molecule has 0 spiro atoms. The van der Waals surface area contributed by atoms with E-state index in [1.54, 1.807) is 6.20 Å². The van der Waals surface area contributed by atoms with Gasteiger partial charge in [-0.1, -0.05) is 18.2 Å². The van der Waals surface area contributed by atoms with Gasteiger partial charge in [0.15, 0.2) is 0 Å². The van der Waals surface area contributed by atoms with Crippen LogP contribution in [0.25, 0.3) is 0 Å². The summed E-state index contributed by atoms with van der Waals surface area (Å²) in [5, 5.41) is 10.5. The highest BCUT2D eigenvalue weighted by atomic mass is 79.9. The minimum absolute atomic E-state index is 0.0560. The van der Waals surface area contributed by atoms with Crippen LogP contribution < -0.4 is 4.74 Å². The number of para-hydroxylation sites is 1. The van der Waals surface area contributed by atoms with E-state index < -0.39 is 6.10 Å². The van der Waals surface area contributed by atoms with Gasteiger partial charge in [-0.15, -0.1) is 0 Å². The van der Waals surface area contributed by atoms with E-state index in [1.165, 1.54) is 0 Å². The van der Waals surface area contributed by atoms with E-state index in [-0.39, 0.29) is 6.10 Å². The summed E-state index contributed by atoms with van der Waals surface area (Å²) in [7, 11) is 0. The van der Waals surface area contributed by atoms with E-state index in [0.29, 0.717) is 11.4 Å². The maximum atomic E-state index is 10.5. The fourth-order valence-corrected chi connectivity index (χ4v) is 2.29. The molecule has 2 aromatic rings. The van der Waals surface area contributed by atoms with Crippen LogP contribution in [0.5, 0.6) is 5.75 Å². The zero-order valence-corrected chi connectivity index (χ0v) is 12.5. The van der Waals surface area contributed by atoms with Crippen LogP contribution in [-0.4, -0.2) is 16.2 Å². The molecule has 1 aromatic heterocycles. The molecule has 0 saturated carbocycles. The van der Waals surface area contributed by atoms with Gasteiger partial charge in [-0.3, -0.25) is 4.98 Å². The van der Waals surface area contributed by atoms with Crippen molar-refractivity contribution in [1.29, 1.82) is 0 Å². The molecular weight excluding hydrogens is 306 g/mol. The Morgan fingerprint density at radius 2 is 1.89 bits per heavy atom. The SMILES string of the molecule is CC(C)Oc1ccccc1C(O)c1ncccc1Br. The highest BCUT2D eigenvalue weighted by molar-refractivity contribution is 9.10. The van der Waals surface area contributed by atoms with Gasteiger partial charge in [-0.2, -0.15) is 0 Å². The molecular formula is C15H16BrNO2. The third kappa shape index (κ3) is 3.33. The first-order valence-corrected chi connectivity index (χ1v) is 6.93. The number of aliphatic hydroxyl groups is 1. The summed E-state index contributed by atoms with van der Waals surface area (Å²) < 4.78 is 6.50. The Hall–Kier alpha value is -1.39. The number of hydrogen-bond donors (Lipinski definition) is 1. The van der Waals surface area contributed by atoms with Gasteiger partial charge >= 0.3 is 0 Å². The first-order valence-electron chi connectivity index (χ1n) is 6.13. The summed E-state index contributed by atoms with van der Waals surface area (Å²) >= 11 is 3.41. The predicted molar refractivity (Wildman–Crippen MR) is 78.2 cm³/mol. The lowest BCUT2D eigenvalue weighted by atomic mass is 10.0. The Bertz CT molecular complexity index is 557. The van der Waals surface area contributed by atoms with Gasteiger partial charge in [0.1, 0.15) is 11.9 Å². The minimum atomic E-state index is -0.814. The van der Waals surface area contributed by atoms with Gasteiger partial charge < -0.3 is 9.84 Å². The first-order chi connectivity index (χ1) is 9.09. The third-order valence-corrected chi connectivity index (χ3v) is 3.29. The number of aromatic nitrogens is 1. The molecule has 1 N–H and O–H groups in total. The highest BCUT2D eigenvalue weighted by Gasteiger charge is 2.19. The molecule has 1 atom stereocenters. The Kier molecular flexibility index (Phi) is 4.56. The van der Waals surface area contributed by atoms with Gasteiger partial charge in [0, 0.05) is 16.2 Å². The topological polar surface area (TPSA) is 42.4 Å². The van der Waals surface area contributed by atoms with Crippen LogP contribution in [0.1, 0.15) is 31.2 Å². The summed E-state index contributed by atoms with van der Waals surface area (Å²) in [6.45, 7) is 3.92. The molecule has 0 aliphatic heterocycles. The van der Waals surface area contributed by atoms with Gasteiger partial charge in [0.25, 0.3) is 0 Å². The van der Waals surface area contributed by atoms with Crippen molar-refractivity contribution in [3.8, 4) is 5.75 Å². The first kappa shape index (κ1) is 14.0. The number of ether oxygens (including phenoxy) is 1. The van der Waals surface area contributed by atoms with Crippen molar-refractivity contribution in [3.63, 3.8) is 0 Å². The number of pyridine rings is 1. The van der Waals surface area contributed by atoms with Crippen molar-refractivity contribution in [2.75, 3.05) is 0 Å². The maximum Gasteiger partial charge on any atom is 0.126 e. The molecule has 1 aromatic carbocycles. The molecule has 100 valence electrons. The number of hydrogen-bond acceptors (Lipinski definition) is 3. The minimum Gasteiger partial charge on any atom is -0.491 e. The van der Waals surface area contributed by atoms with Crippen molar-refractivity contribution in [2.45, 2.75) is 26.1 Å². The van der Waals surface area contributed by atoms with Crippen molar-refractivity contribution < 1.29 is 9.84 Å². The lowest BCUT2D eigenvalue weighted by Crippen LogP contribution is -2.10. The van der Waals surface area contributed by atoms with Gasteiger partial charge in [-0.25, -0.2) is 0 Å². The summed E-state index contributed by atoms with van der Waals surface area (Å²) in [5.41, 5.74) is 1.30. The molecule has 3 nitrogen and oxygen atoms in total. The van der Waals surface area contributed by atoms with Crippen molar-refractivity contribution in [2.24, 2.45) is 0 Å². The quantitative estimate of drug-likeness (QED) is 0.933. The maximum absolute atomic E-state index is 10.5. The van der Waals surface area contributed by atoms with Gasteiger partial charge in [-0.05, 0) is 48.0 Å². The number of rotatable bonds is 4. The van der Waals surface area contributed by atoms with E-state index in [4.69, 9.17) is 4.74 Å². The standard InChI is InChI=1S/C15H16BrNO2/c1-10(2)19-13-8-4-3-6-11(13)15(18)14-12(16)7-5-9-17-14/h3-10,15,18H,1-2H3. The second-order valence-electron chi connectivity index (χ2n) is 4.48. The largest absolute Gasteiger partial charge is 0.491 e. The lowest BCUT2D eigenvalue weighted by molar-refractivity contribution is 0.194. The van der Waals surface area contributed by atoms with E-state index >= 15 is 0 Å². The van der Waals surface area contributed by atoms with Crippen molar-refractivity contribution in [1.82, 2.24) is 4.98 Å². The molecule has 0 aliphatic rings. The lowest BCUT2D eigenvalue weighted by Gasteiger charge is -2.18. The summed E-state index contributed by atoms with van der Waals surface area (Å²) in [6, 6.07) is 11.1. The molecule has 19 heavy (non-hydrogen) atoms. The molecule has 0 aliphatic carbocycles. The molecule has 2 rings (SSSR count).